The summed E-state index contributed by atoms with van der Waals surface area (Å²) in [4.78, 5) is 21.2. The van der Waals surface area contributed by atoms with Gasteiger partial charge in [-0.2, -0.15) is 0 Å². The van der Waals surface area contributed by atoms with Gasteiger partial charge in [0, 0.05) is 12.2 Å². The highest BCUT2D eigenvalue weighted by molar-refractivity contribution is 5.96. The zero-order valence-corrected chi connectivity index (χ0v) is 14.4. The van der Waals surface area contributed by atoms with Gasteiger partial charge in [-0.05, 0) is 31.9 Å². The number of imidazole rings is 1. The summed E-state index contributed by atoms with van der Waals surface area (Å²) in [6.07, 6.45) is 3.85. The van der Waals surface area contributed by atoms with Crippen molar-refractivity contribution >= 4 is 17.1 Å². The minimum atomic E-state index is -0.348. The van der Waals surface area contributed by atoms with Gasteiger partial charge in [0.1, 0.15) is 5.52 Å². The molecule has 0 spiro atoms. The molecule has 6 heteroatoms. The summed E-state index contributed by atoms with van der Waals surface area (Å²) in [5, 5.41) is 12.4. The number of benzene rings is 1. The van der Waals surface area contributed by atoms with E-state index < -0.39 is 0 Å². The maximum Gasteiger partial charge on any atom is 0.253 e. The number of hydrogen-bond donors (Lipinski definition) is 2. The van der Waals surface area contributed by atoms with E-state index in [1.807, 2.05) is 34.9 Å². The highest BCUT2D eigenvalue weighted by Gasteiger charge is 2.16. The van der Waals surface area contributed by atoms with Crippen molar-refractivity contribution in [2.45, 2.75) is 32.4 Å². The van der Waals surface area contributed by atoms with Crippen molar-refractivity contribution in [3.8, 4) is 0 Å². The Morgan fingerprint density at radius 2 is 2.00 bits per heavy atom. The minimum Gasteiger partial charge on any atom is -0.394 e. The Balaban J connectivity index is 1.74. The largest absolute Gasteiger partial charge is 0.394 e. The van der Waals surface area contributed by atoms with Gasteiger partial charge in [-0.3, -0.25) is 4.79 Å². The Hall–Kier alpha value is -2.73. The molecule has 0 unspecified atom stereocenters. The molecule has 0 aliphatic heterocycles. The molecule has 0 saturated heterocycles. The lowest BCUT2D eigenvalue weighted by Crippen LogP contribution is -2.39. The first-order valence-electron chi connectivity index (χ1n) is 8.36. The first-order valence-corrected chi connectivity index (χ1v) is 8.36. The number of carbonyl (C=O) groups excluding carboxylic acids is 1. The molecule has 2 aromatic heterocycles. The summed E-state index contributed by atoms with van der Waals surface area (Å²) in [6, 6.07) is 11.4. The Labute approximate surface area is 146 Å². The van der Waals surface area contributed by atoms with E-state index >= 15 is 0 Å². The average molecular weight is 338 g/mol. The predicted octanol–water partition coefficient (Wildman–Crippen LogP) is 2.35. The van der Waals surface area contributed by atoms with Crippen molar-refractivity contribution < 1.29 is 9.90 Å². The van der Waals surface area contributed by atoms with Crippen molar-refractivity contribution in [3.05, 3.63) is 60.0 Å². The number of nitrogens with zero attached hydrogens (tertiary/aromatic N) is 3. The number of aliphatic hydroxyl groups is 1. The zero-order chi connectivity index (χ0) is 17.8. The normalized spacial score (nSPS) is 12.5. The number of carbonyl (C=O) groups is 1. The van der Waals surface area contributed by atoms with Crippen molar-refractivity contribution in [2.24, 2.45) is 0 Å². The van der Waals surface area contributed by atoms with Crippen LogP contribution in [-0.4, -0.2) is 38.2 Å². The number of fused-ring (bicyclic) bond motifs is 1. The first-order chi connectivity index (χ1) is 12.1. The average Bonchev–Trinajstić information content (AvgIpc) is 3.05. The second-order valence-corrected chi connectivity index (χ2v) is 6.35. The van der Waals surface area contributed by atoms with Crippen LogP contribution >= 0.6 is 0 Å². The molecule has 2 heterocycles. The Kier molecular flexibility index (Phi) is 5.09. The summed E-state index contributed by atoms with van der Waals surface area (Å²) in [6.45, 7) is 3.98. The highest BCUT2D eigenvalue weighted by Crippen LogP contribution is 2.16. The van der Waals surface area contributed by atoms with Crippen LogP contribution in [0.2, 0.25) is 0 Å². The molecule has 1 atom stereocenters. The summed E-state index contributed by atoms with van der Waals surface area (Å²) >= 11 is 0. The molecule has 1 amide bonds. The maximum atomic E-state index is 12.5. The van der Waals surface area contributed by atoms with Gasteiger partial charge in [-0.1, -0.05) is 30.3 Å². The third-order valence-electron chi connectivity index (χ3n) is 4.11. The zero-order valence-electron chi connectivity index (χ0n) is 14.4. The fourth-order valence-electron chi connectivity index (χ4n) is 2.75. The van der Waals surface area contributed by atoms with Gasteiger partial charge in [0.2, 0.25) is 0 Å². The summed E-state index contributed by atoms with van der Waals surface area (Å²) < 4.78 is 1.96. The smallest absolute Gasteiger partial charge is 0.253 e. The van der Waals surface area contributed by atoms with Crippen LogP contribution in [0.15, 0.2) is 48.9 Å². The molecule has 130 valence electrons. The minimum absolute atomic E-state index is 0.127. The predicted molar refractivity (Wildman–Crippen MR) is 96.4 cm³/mol. The van der Waals surface area contributed by atoms with E-state index in [0.29, 0.717) is 17.5 Å². The number of nitrogens with one attached hydrogen (secondary N) is 1. The second-order valence-electron chi connectivity index (χ2n) is 6.35. The molecular formula is C19H22N4O2. The van der Waals surface area contributed by atoms with E-state index in [4.69, 9.17) is 0 Å². The molecule has 3 rings (SSSR count). The summed E-state index contributed by atoms with van der Waals surface area (Å²) in [7, 11) is 0. The molecule has 0 bridgehead atoms. The van der Waals surface area contributed by atoms with Crippen LogP contribution in [0, 0.1) is 0 Å². The molecule has 0 fully saturated rings. The molecule has 1 aromatic carbocycles. The van der Waals surface area contributed by atoms with Crippen molar-refractivity contribution in [1.29, 1.82) is 0 Å². The van der Waals surface area contributed by atoms with Gasteiger partial charge >= 0.3 is 0 Å². The van der Waals surface area contributed by atoms with E-state index in [9.17, 15) is 9.90 Å². The summed E-state index contributed by atoms with van der Waals surface area (Å²) in [5.41, 5.74) is 2.94. The lowest BCUT2D eigenvalue weighted by Gasteiger charge is -2.16. The molecule has 25 heavy (non-hydrogen) atoms. The highest BCUT2D eigenvalue weighted by atomic mass is 16.3. The number of aliphatic hydroxyl groups excluding tert-OH is 1. The van der Waals surface area contributed by atoms with Crippen LogP contribution in [0.25, 0.3) is 11.2 Å². The third-order valence-corrected chi connectivity index (χ3v) is 4.11. The fraction of sp³-hybridized carbons (Fsp3) is 0.316. The number of amides is 1. The molecule has 0 aliphatic carbocycles. The first kappa shape index (κ1) is 17.1. The van der Waals surface area contributed by atoms with E-state index in [1.54, 1.807) is 18.6 Å². The monoisotopic (exact) mass is 338 g/mol. The van der Waals surface area contributed by atoms with Crippen molar-refractivity contribution in [2.75, 3.05) is 6.61 Å². The van der Waals surface area contributed by atoms with Crippen LogP contribution in [0.4, 0.5) is 0 Å². The van der Waals surface area contributed by atoms with Gasteiger partial charge in [-0.25, -0.2) is 9.97 Å². The van der Waals surface area contributed by atoms with Gasteiger partial charge < -0.3 is 15.0 Å². The molecule has 2 N–H and O–H groups in total. The van der Waals surface area contributed by atoms with Gasteiger partial charge in [-0.15, -0.1) is 0 Å². The lowest BCUT2D eigenvalue weighted by atomic mass is 10.1. The Morgan fingerprint density at radius 3 is 2.68 bits per heavy atom. The molecule has 0 radical (unpaired) electrons. The van der Waals surface area contributed by atoms with Crippen LogP contribution in [-0.2, 0) is 6.42 Å². The quantitative estimate of drug-likeness (QED) is 0.723. The number of hydrogen-bond acceptors (Lipinski definition) is 4. The number of pyridine rings is 1. The summed E-state index contributed by atoms with van der Waals surface area (Å²) in [5.74, 6) is -0.261. The fourth-order valence-corrected chi connectivity index (χ4v) is 2.75. The molecule has 0 aliphatic rings. The van der Waals surface area contributed by atoms with Crippen LogP contribution in [0.3, 0.4) is 0 Å². The lowest BCUT2D eigenvalue weighted by molar-refractivity contribution is 0.0916. The third kappa shape index (κ3) is 3.85. The maximum absolute atomic E-state index is 12.5. The second kappa shape index (κ2) is 7.44. The Morgan fingerprint density at radius 1 is 1.24 bits per heavy atom. The van der Waals surface area contributed by atoms with Gasteiger partial charge in [0.05, 0.1) is 24.5 Å². The molecular weight excluding hydrogens is 316 g/mol. The number of rotatable bonds is 6. The van der Waals surface area contributed by atoms with Crippen molar-refractivity contribution in [1.82, 2.24) is 19.9 Å². The van der Waals surface area contributed by atoms with Crippen LogP contribution < -0.4 is 5.32 Å². The van der Waals surface area contributed by atoms with Crippen LogP contribution in [0.1, 0.15) is 35.8 Å². The molecule has 6 nitrogen and oxygen atoms in total. The number of aromatic nitrogens is 3. The standard InChI is InChI=1S/C19H22N4O2/c1-13(2)23-12-21-17-9-15(10-20-18(17)23)19(25)22-16(11-24)8-14-6-4-3-5-7-14/h3-7,9-10,12-13,16,24H,8,11H2,1-2H3,(H,22,25)/t16-/m0/s1. The SMILES string of the molecule is CC(C)n1cnc2cc(C(=O)N[C@H](CO)Cc3ccccc3)cnc21. The topological polar surface area (TPSA) is 80.0 Å². The molecule has 0 saturated carbocycles. The van der Waals surface area contributed by atoms with E-state index in [2.05, 4.69) is 29.1 Å². The van der Waals surface area contributed by atoms with Gasteiger partial charge in [0.25, 0.3) is 5.91 Å². The van der Waals surface area contributed by atoms with Crippen LogP contribution in [0.5, 0.6) is 0 Å². The Bertz CT molecular complexity index is 858. The van der Waals surface area contributed by atoms with E-state index in [-0.39, 0.29) is 24.6 Å². The van der Waals surface area contributed by atoms with Crippen molar-refractivity contribution in [3.63, 3.8) is 0 Å². The van der Waals surface area contributed by atoms with E-state index in [1.165, 1.54) is 0 Å². The van der Waals surface area contributed by atoms with Gasteiger partial charge in [0.15, 0.2) is 5.65 Å². The van der Waals surface area contributed by atoms with E-state index in [0.717, 1.165) is 11.2 Å². The molecule has 3 aromatic rings.